The molecule has 0 aromatic rings. The van der Waals surface area contributed by atoms with Crippen molar-refractivity contribution in [3.63, 3.8) is 0 Å². The van der Waals surface area contributed by atoms with Crippen molar-refractivity contribution in [3.8, 4) is 0 Å². The molecule has 7 nitrogen and oxygen atoms in total. The lowest BCUT2D eigenvalue weighted by atomic mass is 9.70. The molecular formula is C13H22N2O5. The van der Waals surface area contributed by atoms with Crippen molar-refractivity contribution in [3.05, 3.63) is 0 Å². The summed E-state index contributed by atoms with van der Waals surface area (Å²) in [6.45, 7) is 2.61. The van der Waals surface area contributed by atoms with E-state index in [1.807, 2.05) is 0 Å². The Morgan fingerprint density at radius 2 is 1.90 bits per heavy atom. The number of carbonyl (C=O) groups is 3. The van der Waals surface area contributed by atoms with Crippen LogP contribution in [0, 0.1) is 5.41 Å². The zero-order chi connectivity index (χ0) is 15.2. The van der Waals surface area contributed by atoms with E-state index in [0.29, 0.717) is 6.54 Å². The van der Waals surface area contributed by atoms with Crippen LogP contribution in [0.5, 0.6) is 0 Å². The van der Waals surface area contributed by atoms with Gasteiger partial charge in [0.05, 0.1) is 0 Å². The van der Waals surface area contributed by atoms with Gasteiger partial charge in [-0.05, 0) is 31.1 Å². The topological polar surface area (TPSA) is 116 Å². The maximum atomic E-state index is 11.6. The minimum Gasteiger partial charge on any atom is -0.481 e. The van der Waals surface area contributed by atoms with E-state index in [0.717, 1.165) is 19.3 Å². The van der Waals surface area contributed by atoms with Gasteiger partial charge in [0, 0.05) is 13.0 Å². The van der Waals surface area contributed by atoms with E-state index in [1.165, 1.54) is 0 Å². The molecule has 7 heteroatoms. The second kappa shape index (κ2) is 7.12. The monoisotopic (exact) mass is 286 g/mol. The summed E-state index contributed by atoms with van der Waals surface area (Å²) in [5.74, 6) is -2.13. The predicted octanol–water partition coefficient (Wildman–Crippen LogP) is 1.18. The Bertz CT molecular complexity index is 379. The molecule has 0 saturated heterocycles. The molecule has 1 fully saturated rings. The van der Waals surface area contributed by atoms with Crippen LogP contribution in [0.3, 0.4) is 0 Å². The summed E-state index contributed by atoms with van der Waals surface area (Å²) in [5, 5.41) is 22.5. The highest BCUT2D eigenvalue weighted by Crippen LogP contribution is 2.39. The Morgan fingerprint density at radius 3 is 2.35 bits per heavy atom. The molecule has 1 atom stereocenters. The highest BCUT2D eigenvalue weighted by molar-refractivity contribution is 5.82. The van der Waals surface area contributed by atoms with Crippen LogP contribution in [0.4, 0.5) is 4.79 Å². The molecule has 4 N–H and O–H groups in total. The summed E-state index contributed by atoms with van der Waals surface area (Å²) < 4.78 is 0. The zero-order valence-electron chi connectivity index (χ0n) is 11.6. The molecule has 0 radical (unpaired) electrons. The number of nitrogens with one attached hydrogen (secondary N) is 2. The van der Waals surface area contributed by atoms with E-state index < -0.39 is 24.0 Å². The summed E-state index contributed by atoms with van der Waals surface area (Å²) >= 11 is 0. The number of hydrogen-bond acceptors (Lipinski definition) is 3. The molecule has 0 heterocycles. The van der Waals surface area contributed by atoms with Crippen LogP contribution in [0.15, 0.2) is 0 Å². The SMILES string of the molecule is CC1(CNC(=O)N[C@H](CCCC(=O)O)C(=O)O)CCC1. The molecule has 1 aliphatic rings. The van der Waals surface area contributed by atoms with E-state index in [1.54, 1.807) is 0 Å². The highest BCUT2D eigenvalue weighted by Gasteiger charge is 2.32. The Morgan fingerprint density at radius 1 is 1.25 bits per heavy atom. The normalized spacial score (nSPS) is 17.6. The van der Waals surface area contributed by atoms with Crippen molar-refractivity contribution in [2.75, 3.05) is 6.54 Å². The number of rotatable bonds is 8. The third kappa shape index (κ3) is 5.46. The molecule has 114 valence electrons. The fourth-order valence-electron chi connectivity index (χ4n) is 2.17. The van der Waals surface area contributed by atoms with Gasteiger partial charge in [0.15, 0.2) is 0 Å². The van der Waals surface area contributed by atoms with E-state index >= 15 is 0 Å². The van der Waals surface area contributed by atoms with Crippen LogP contribution < -0.4 is 10.6 Å². The maximum Gasteiger partial charge on any atom is 0.326 e. The van der Waals surface area contributed by atoms with Gasteiger partial charge in [0.25, 0.3) is 0 Å². The number of urea groups is 1. The van der Waals surface area contributed by atoms with Gasteiger partial charge in [-0.2, -0.15) is 0 Å². The first-order valence-electron chi connectivity index (χ1n) is 6.81. The van der Waals surface area contributed by atoms with Gasteiger partial charge in [-0.25, -0.2) is 9.59 Å². The molecule has 0 aromatic heterocycles. The highest BCUT2D eigenvalue weighted by atomic mass is 16.4. The summed E-state index contributed by atoms with van der Waals surface area (Å²) in [6.07, 6.45) is 3.50. The summed E-state index contributed by atoms with van der Waals surface area (Å²) in [5.41, 5.74) is 0.124. The second-order valence-electron chi connectivity index (χ2n) is 5.67. The Labute approximate surface area is 117 Å². The molecule has 0 aliphatic heterocycles. The number of carbonyl (C=O) groups excluding carboxylic acids is 1. The summed E-state index contributed by atoms with van der Waals surface area (Å²) in [4.78, 5) is 33.0. The van der Waals surface area contributed by atoms with E-state index in [-0.39, 0.29) is 24.7 Å². The predicted molar refractivity (Wildman–Crippen MR) is 71.4 cm³/mol. The molecule has 0 unspecified atom stereocenters. The fraction of sp³-hybridized carbons (Fsp3) is 0.769. The van der Waals surface area contributed by atoms with Crippen molar-refractivity contribution in [1.82, 2.24) is 10.6 Å². The first kappa shape index (κ1) is 16.3. The first-order chi connectivity index (χ1) is 9.32. The number of carboxylic acids is 2. The van der Waals surface area contributed by atoms with Crippen LogP contribution in [0.1, 0.15) is 45.4 Å². The van der Waals surface area contributed by atoms with Crippen LogP contribution in [-0.2, 0) is 9.59 Å². The third-order valence-corrected chi connectivity index (χ3v) is 3.72. The van der Waals surface area contributed by atoms with Gasteiger partial charge in [-0.15, -0.1) is 0 Å². The van der Waals surface area contributed by atoms with Crippen molar-refractivity contribution < 1.29 is 24.6 Å². The van der Waals surface area contributed by atoms with Crippen LogP contribution in [-0.4, -0.2) is 40.8 Å². The van der Waals surface area contributed by atoms with Gasteiger partial charge in [-0.3, -0.25) is 4.79 Å². The van der Waals surface area contributed by atoms with Crippen molar-refractivity contribution in [2.45, 2.75) is 51.5 Å². The largest absolute Gasteiger partial charge is 0.481 e. The quantitative estimate of drug-likeness (QED) is 0.535. The maximum absolute atomic E-state index is 11.6. The number of aliphatic carboxylic acids is 2. The van der Waals surface area contributed by atoms with Crippen molar-refractivity contribution >= 4 is 18.0 Å². The molecule has 0 spiro atoms. The van der Waals surface area contributed by atoms with Crippen molar-refractivity contribution in [1.29, 1.82) is 0 Å². The lowest BCUT2D eigenvalue weighted by Crippen LogP contribution is -2.49. The molecule has 2 amide bonds. The van der Waals surface area contributed by atoms with Gasteiger partial charge in [0.1, 0.15) is 6.04 Å². The van der Waals surface area contributed by atoms with Gasteiger partial charge in [-0.1, -0.05) is 13.3 Å². The molecule has 0 bridgehead atoms. The van der Waals surface area contributed by atoms with Gasteiger partial charge in [0.2, 0.25) is 0 Å². The molecule has 1 saturated carbocycles. The number of hydrogen-bond donors (Lipinski definition) is 4. The zero-order valence-corrected chi connectivity index (χ0v) is 11.6. The average molecular weight is 286 g/mol. The van der Waals surface area contributed by atoms with Crippen LogP contribution in [0.25, 0.3) is 0 Å². The second-order valence-corrected chi connectivity index (χ2v) is 5.67. The van der Waals surface area contributed by atoms with Crippen LogP contribution >= 0.6 is 0 Å². The molecule has 0 aromatic carbocycles. The van der Waals surface area contributed by atoms with E-state index in [4.69, 9.17) is 10.2 Å². The lowest BCUT2D eigenvalue weighted by Gasteiger charge is -2.38. The summed E-state index contributed by atoms with van der Waals surface area (Å²) in [6, 6.07) is -1.57. The molecular weight excluding hydrogens is 264 g/mol. The van der Waals surface area contributed by atoms with E-state index in [2.05, 4.69) is 17.6 Å². The molecule has 1 aliphatic carbocycles. The smallest absolute Gasteiger partial charge is 0.326 e. The standard InChI is InChI=1S/C13H22N2O5/c1-13(6-3-7-13)8-14-12(20)15-9(11(18)19)4-2-5-10(16)17/h9H,2-8H2,1H3,(H,16,17)(H,18,19)(H2,14,15,20)/t9-/m1/s1. The Kier molecular flexibility index (Phi) is 5.79. The molecule has 1 rings (SSSR count). The number of amides is 2. The average Bonchev–Trinajstić information content (AvgIpc) is 2.32. The Balaban J connectivity index is 2.30. The fourth-order valence-corrected chi connectivity index (χ4v) is 2.17. The van der Waals surface area contributed by atoms with Crippen molar-refractivity contribution in [2.24, 2.45) is 5.41 Å². The summed E-state index contributed by atoms with van der Waals surface area (Å²) in [7, 11) is 0. The van der Waals surface area contributed by atoms with Gasteiger partial charge >= 0.3 is 18.0 Å². The van der Waals surface area contributed by atoms with Crippen LogP contribution in [0.2, 0.25) is 0 Å². The number of carboxylic acid groups (broad SMARTS) is 2. The lowest BCUT2D eigenvalue weighted by molar-refractivity contribution is -0.140. The molecule has 20 heavy (non-hydrogen) atoms. The minimum absolute atomic E-state index is 0.103. The van der Waals surface area contributed by atoms with Gasteiger partial charge < -0.3 is 20.8 Å². The van der Waals surface area contributed by atoms with E-state index in [9.17, 15) is 14.4 Å². The minimum atomic E-state index is -1.15. The first-order valence-corrected chi connectivity index (χ1v) is 6.81. The third-order valence-electron chi connectivity index (χ3n) is 3.72. The Hall–Kier alpha value is -1.79.